The molecule has 0 spiro atoms. The lowest BCUT2D eigenvalue weighted by Crippen LogP contribution is -2.47. The maximum absolute atomic E-state index is 14.6. The third-order valence-corrected chi connectivity index (χ3v) is 7.25. The number of carbonyl (C=O) groups is 3. The van der Waals surface area contributed by atoms with Crippen LogP contribution in [-0.2, 0) is 16.0 Å². The third kappa shape index (κ3) is 5.30. The van der Waals surface area contributed by atoms with E-state index in [1.54, 1.807) is 12.1 Å². The molecule has 8 heteroatoms. The molecule has 0 unspecified atom stereocenters. The molecule has 3 atom stereocenters. The van der Waals surface area contributed by atoms with Crippen LogP contribution in [0, 0.1) is 0 Å². The van der Waals surface area contributed by atoms with Gasteiger partial charge in [-0.1, -0.05) is 74.5 Å². The Hall–Kier alpha value is -4.07. The van der Waals surface area contributed by atoms with Gasteiger partial charge >= 0.3 is 0 Å². The minimum absolute atomic E-state index is 0.0710. The Kier molecular flexibility index (Phi) is 7.22. The van der Waals surface area contributed by atoms with Gasteiger partial charge in [0, 0.05) is 12.8 Å². The van der Waals surface area contributed by atoms with E-state index in [1.165, 1.54) is 10.5 Å². The van der Waals surface area contributed by atoms with Gasteiger partial charge in [0.05, 0.1) is 12.6 Å². The summed E-state index contributed by atoms with van der Waals surface area (Å²) in [6.45, 7) is 4.05. The Bertz CT molecular complexity index is 1340. The van der Waals surface area contributed by atoms with Crippen molar-refractivity contribution in [3.05, 3.63) is 94.7 Å². The van der Waals surface area contributed by atoms with E-state index in [2.05, 4.69) is 29.5 Å². The van der Waals surface area contributed by atoms with Crippen molar-refractivity contribution in [1.82, 2.24) is 15.2 Å². The normalized spacial score (nSPS) is 19.6. The van der Waals surface area contributed by atoms with Gasteiger partial charge < -0.3 is 15.5 Å². The number of nitrogens with one attached hydrogen (secondary N) is 2. The monoisotopic (exact) mass is 514 g/mol. The van der Waals surface area contributed by atoms with Gasteiger partial charge in [0.1, 0.15) is 23.7 Å². The molecule has 1 fully saturated rings. The fraction of sp³-hybridized carbons (Fsp3) is 0.333. The molecule has 0 saturated carbocycles. The zero-order valence-corrected chi connectivity index (χ0v) is 21.5. The van der Waals surface area contributed by atoms with Crippen molar-refractivity contribution in [3.8, 4) is 0 Å². The van der Waals surface area contributed by atoms with Crippen LogP contribution in [0.5, 0.6) is 0 Å². The number of benzene rings is 2. The third-order valence-electron chi connectivity index (χ3n) is 7.25. The van der Waals surface area contributed by atoms with Crippen molar-refractivity contribution >= 4 is 23.5 Å². The Morgan fingerprint density at radius 1 is 0.974 bits per heavy atom. The molecule has 2 aliphatic heterocycles. The summed E-state index contributed by atoms with van der Waals surface area (Å²) in [6, 6.07) is 19.5. The van der Waals surface area contributed by atoms with Gasteiger partial charge in [0.2, 0.25) is 11.8 Å². The van der Waals surface area contributed by atoms with Crippen LogP contribution < -0.4 is 10.6 Å². The minimum atomic E-state index is -1.33. The minimum Gasteiger partial charge on any atom is -0.343 e. The van der Waals surface area contributed by atoms with Gasteiger partial charge in [0.25, 0.3) is 5.91 Å². The number of pyridine rings is 1. The van der Waals surface area contributed by atoms with Gasteiger partial charge in [-0.2, -0.15) is 0 Å². The van der Waals surface area contributed by atoms with E-state index in [4.69, 9.17) is 0 Å². The Labute approximate surface area is 221 Å². The van der Waals surface area contributed by atoms with Gasteiger partial charge in [0.15, 0.2) is 0 Å². The number of nitrogens with zero attached hydrogens (tertiary/aromatic N) is 2. The number of carbonyl (C=O) groups excluding carboxylic acids is 3. The van der Waals surface area contributed by atoms with Crippen LogP contribution in [-0.4, -0.2) is 46.4 Å². The SMILES string of the molecule is CC(C)c1ccc([C@@H](NC(=O)[C@@H]2C[C@@H](F)CN2C(=O)c2ccc3c(n2)NC(=O)CC3)c2ccccc2)cc1. The maximum Gasteiger partial charge on any atom is 0.273 e. The van der Waals surface area contributed by atoms with E-state index in [0.29, 0.717) is 24.6 Å². The predicted molar refractivity (Wildman–Crippen MR) is 142 cm³/mol. The molecule has 38 heavy (non-hydrogen) atoms. The summed E-state index contributed by atoms with van der Waals surface area (Å²) in [7, 11) is 0. The number of amides is 3. The molecule has 3 amide bonds. The van der Waals surface area contributed by atoms with Crippen LogP contribution in [0.3, 0.4) is 0 Å². The average Bonchev–Trinajstić information content (AvgIpc) is 3.33. The Morgan fingerprint density at radius 2 is 1.66 bits per heavy atom. The number of anilines is 1. The van der Waals surface area contributed by atoms with E-state index < -0.39 is 30.1 Å². The molecule has 0 aliphatic carbocycles. The second kappa shape index (κ2) is 10.7. The highest BCUT2D eigenvalue weighted by atomic mass is 19.1. The van der Waals surface area contributed by atoms with Crippen LogP contribution in [0.15, 0.2) is 66.7 Å². The highest BCUT2D eigenvalue weighted by Gasteiger charge is 2.41. The van der Waals surface area contributed by atoms with E-state index >= 15 is 0 Å². The van der Waals surface area contributed by atoms with E-state index in [0.717, 1.165) is 16.7 Å². The molecule has 3 heterocycles. The molecular formula is C30H31FN4O3. The number of hydrogen-bond acceptors (Lipinski definition) is 4. The first-order valence-electron chi connectivity index (χ1n) is 13.0. The number of aromatic nitrogens is 1. The summed E-state index contributed by atoms with van der Waals surface area (Å²) in [5, 5.41) is 5.76. The second-order valence-corrected chi connectivity index (χ2v) is 10.2. The highest BCUT2D eigenvalue weighted by Crippen LogP contribution is 2.28. The standard InChI is InChI=1S/C30H31FN4O3/c1-18(2)19-8-10-21(11-9-19)27(20-6-4-3-5-7-20)34-29(37)25-16-23(31)17-35(25)30(38)24-14-12-22-13-15-26(36)33-28(22)32-24/h3-12,14,18,23,25,27H,13,15-17H2,1-2H3,(H,34,37)(H,32,33,36)/t23-,25+,27+/m1/s1. The van der Waals surface area contributed by atoms with Crippen LogP contribution in [0.4, 0.5) is 10.2 Å². The summed E-state index contributed by atoms with van der Waals surface area (Å²) in [4.78, 5) is 44.4. The van der Waals surface area contributed by atoms with Crippen molar-refractivity contribution in [1.29, 1.82) is 0 Å². The molecule has 2 aromatic carbocycles. The van der Waals surface area contributed by atoms with Crippen LogP contribution in [0.1, 0.15) is 71.4 Å². The van der Waals surface area contributed by atoms with Gasteiger partial charge in [-0.3, -0.25) is 14.4 Å². The zero-order valence-electron chi connectivity index (χ0n) is 21.5. The zero-order chi connectivity index (χ0) is 26.8. The van der Waals surface area contributed by atoms with Gasteiger partial charge in [-0.05, 0) is 40.7 Å². The van der Waals surface area contributed by atoms with Crippen molar-refractivity contribution < 1.29 is 18.8 Å². The maximum atomic E-state index is 14.6. The average molecular weight is 515 g/mol. The topological polar surface area (TPSA) is 91.4 Å². The van der Waals surface area contributed by atoms with E-state index in [-0.39, 0.29) is 24.6 Å². The lowest BCUT2D eigenvalue weighted by atomic mass is 9.95. The number of aryl methyl sites for hydroxylation is 1. The molecule has 2 aliphatic rings. The van der Waals surface area contributed by atoms with Crippen molar-refractivity contribution in [3.63, 3.8) is 0 Å². The number of alkyl halides is 1. The lowest BCUT2D eigenvalue weighted by Gasteiger charge is -2.27. The summed E-state index contributed by atoms with van der Waals surface area (Å²) in [5.74, 6) is -0.403. The molecule has 3 aromatic rings. The molecule has 7 nitrogen and oxygen atoms in total. The molecule has 1 saturated heterocycles. The summed E-state index contributed by atoms with van der Waals surface area (Å²) in [6.07, 6.45) is -0.508. The summed E-state index contributed by atoms with van der Waals surface area (Å²) in [5.41, 5.74) is 3.89. The van der Waals surface area contributed by atoms with Crippen LogP contribution >= 0.6 is 0 Å². The molecule has 1 aromatic heterocycles. The Morgan fingerprint density at radius 3 is 2.37 bits per heavy atom. The van der Waals surface area contributed by atoms with Crippen molar-refractivity contribution in [2.24, 2.45) is 0 Å². The molecule has 196 valence electrons. The van der Waals surface area contributed by atoms with Crippen molar-refractivity contribution in [2.75, 3.05) is 11.9 Å². The number of likely N-dealkylation sites (tertiary alicyclic amines) is 1. The molecule has 0 bridgehead atoms. The number of hydrogen-bond donors (Lipinski definition) is 2. The first kappa shape index (κ1) is 25.6. The summed E-state index contributed by atoms with van der Waals surface area (Å²) >= 11 is 0. The predicted octanol–water partition coefficient (Wildman–Crippen LogP) is 4.55. The van der Waals surface area contributed by atoms with Gasteiger partial charge in [-0.15, -0.1) is 0 Å². The Balaban J connectivity index is 1.39. The fourth-order valence-electron chi connectivity index (χ4n) is 5.08. The van der Waals surface area contributed by atoms with Crippen molar-refractivity contribution in [2.45, 2.75) is 57.3 Å². The molecular weight excluding hydrogens is 483 g/mol. The molecule has 0 radical (unpaired) electrons. The van der Waals surface area contributed by atoms with Gasteiger partial charge in [-0.25, -0.2) is 9.37 Å². The smallest absolute Gasteiger partial charge is 0.273 e. The number of rotatable bonds is 6. The summed E-state index contributed by atoms with van der Waals surface area (Å²) < 4.78 is 14.6. The first-order valence-corrected chi connectivity index (χ1v) is 13.0. The quantitative estimate of drug-likeness (QED) is 0.505. The second-order valence-electron chi connectivity index (χ2n) is 10.2. The van der Waals surface area contributed by atoms with E-state index in [1.807, 2.05) is 54.6 Å². The number of halogens is 1. The highest BCUT2D eigenvalue weighted by molar-refractivity contribution is 5.98. The molecule has 5 rings (SSSR count). The fourth-order valence-corrected chi connectivity index (χ4v) is 5.08. The van der Waals surface area contributed by atoms with Crippen LogP contribution in [0.25, 0.3) is 0 Å². The van der Waals surface area contributed by atoms with Crippen LogP contribution in [0.2, 0.25) is 0 Å². The first-order chi connectivity index (χ1) is 18.3. The van der Waals surface area contributed by atoms with E-state index in [9.17, 15) is 18.8 Å². The lowest BCUT2D eigenvalue weighted by molar-refractivity contribution is -0.125. The largest absolute Gasteiger partial charge is 0.343 e. The number of fused-ring (bicyclic) bond motifs is 1. The molecule has 2 N–H and O–H groups in total.